The van der Waals surface area contributed by atoms with Crippen LogP contribution in [0.3, 0.4) is 0 Å². The smallest absolute Gasteiger partial charge is 0.407 e. The van der Waals surface area contributed by atoms with Gasteiger partial charge in [-0.15, -0.1) is 0 Å². The fourth-order valence-electron chi connectivity index (χ4n) is 4.07. The minimum atomic E-state index is -1.08. The first kappa shape index (κ1) is 23.3. The van der Waals surface area contributed by atoms with Gasteiger partial charge in [0.2, 0.25) is 5.91 Å². The fraction of sp³-hybridized carbons (Fsp3) is 0.400. The van der Waals surface area contributed by atoms with Crippen molar-refractivity contribution in [1.29, 1.82) is 0 Å². The summed E-state index contributed by atoms with van der Waals surface area (Å²) >= 11 is 0. The zero-order valence-corrected chi connectivity index (χ0v) is 18.6. The Balaban J connectivity index is 1.57. The van der Waals surface area contributed by atoms with E-state index in [4.69, 9.17) is 4.74 Å². The number of benzene rings is 2. The first-order valence-electron chi connectivity index (χ1n) is 11.0. The summed E-state index contributed by atoms with van der Waals surface area (Å²) in [6.45, 7) is 5.49. The number of carboxylic acid groups (broad SMARTS) is 1. The van der Waals surface area contributed by atoms with E-state index in [0.717, 1.165) is 22.3 Å². The Hall–Kier alpha value is -3.35. The number of carbonyl (C=O) groups excluding carboxylic acids is 2. The van der Waals surface area contributed by atoms with E-state index in [1.807, 2.05) is 43.3 Å². The van der Waals surface area contributed by atoms with Gasteiger partial charge in [-0.05, 0) is 34.6 Å². The van der Waals surface area contributed by atoms with E-state index in [2.05, 4.69) is 22.8 Å². The standard InChI is InChI=1S/C25H30N2O5/c1-4-16(13-22(28)27-23(15(2)3)24(29)30)26-25(31)32-14-21-19-11-7-5-9-17(19)18-10-6-8-12-20(18)21/h5-12,15-16,21,23H,4,13-14H2,1-3H3,(H,26,31)(H,27,28)(H,29,30)/t16-,23-/m1/s1. The minimum Gasteiger partial charge on any atom is -0.480 e. The molecule has 0 aromatic heterocycles. The molecule has 2 amide bonds. The Labute approximate surface area is 188 Å². The molecule has 170 valence electrons. The Morgan fingerprint density at radius 3 is 2.03 bits per heavy atom. The van der Waals surface area contributed by atoms with Crippen LogP contribution in [-0.4, -0.2) is 41.8 Å². The molecule has 32 heavy (non-hydrogen) atoms. The van der Waals surface area contributed by atoms with E-state index in [9.17, 15) is 19.5 Å². The number of ether oxygens (including phenoxy) is 1. The van der Waals surface area contributed by atoms with Gasteiger partial charge in [0.15, 0.2) is 0 Å². The minimum absolute atomic E-state index is 0.0167. The third-order valence-electron chi connectivity index (χ3n) is 5.84. The van der Waals surface area contributed by atoms with E-state index >= 15 is 0 Å². The van der Waals surface area contributed by atoms with Crippen LogP contribution in [0.4, 0.5) is 4.79 Å². The van der Waals surface area contributed by atoms with Gasteiger partial charge in [-0.1, -0.05) is 69.3 Å². The number of rotatable bonds is 9. The Morgan fingerprint density at radius 2 is 1.53 bits per heavy atom. The van der Waals surface area contributed by atoms with Gasteiger partial charge in [-0.2, -0.15) is 0 Å². The van der Waals surface area contributed by atoms with Crippen LogP contribution >= 0.6 is 0 Å². The zero-order valence-electron chi connectivity index (χ0n) is 18.6. The van der Waals surface area contributed by atoms with Gasteiger partial charge >= 0.3 is 12.1 Å². The second kappa shape index (κ2) is 10.3. The first-order valence-corrected chi connectivity index (χ1v) is 11.0. The first-order chi connectivity index (χ1) is 15.3. The molecule has 3 N–H and O–H groups in total. The second-order valence-electron chi connectivity index (χ2n) is 8.41. The average molecular weight is 439 g/mol. The van der Waals surface area contributed by atoms with Crippen molar-refractivity contribution >= 4 is 18.0 Å². The summed E-state index contributed by atoms with van der Waals surface area (Å²) in [6, 6.07) is 14.8. The number of hydrogen-bond donors (Lipinski definition) is 3. The third kappa shape index (κ3) is 5.28. The largest absolute Gasteiger partial charge is 0.480 e. The lowest BCUT2D eigenvalue weighted by molar-refractivity contribution is -0.143. The Bertz CT molecular complexity index is 942. The number of nitrogens with one attached hydrogen (secondary N) is 2. The number of aliphatic carboxylic acids is 1. The zero-order chi connectivity index (χ0) is 23.3. The van der Waals surface area contributed by atoms with Crippen LogP contribution in [0.25, 0.3) is 11.1 Å². The predicted octanol–water partition coefficient (Wildman–Crippen LogP) is 3.92. The van der Waals surface area contributed by atoms with E-state index < -0.39 is 30.1 Å². The maximum atomic E-state index is 12.5. The summed E-state index contributed by atoms with van der Waals surface area (Å²) in [5.74, 6) is -1.78. The summed E-state index contributed by atoms with van der Waals surface area (Å²) in [5.41, 5.74) is 4.55. The summed E-state index contributed by atoms with van der Waals surface area (Å²) in [6.07, 6.45) is -0.0982. The van der Waals surface area contributed by atoms with Gasteiger partial charge in [0.25, 0.3) is 0 Å². The number of alkyl carbamates (subject to hydrolysis) is 1. The molecule has 0 aliphatic heterocycles. The number of fused-ring (bicyclic) bond motifs is 3. The molecular weight excluding hydrogens is 408 g/mol. The highest BCUT2D eigenvalue weighted by Crippen LogP contribution is 2.44. The summed E-state index contributed by atoms with van der Waals surface area (Å²) in [4.78, 5) is 36.0. The second-order valence-corrected chi connectivity index (χ2v) is 8.41. The van der Waals surface area contributed by atoms with Crippen molar-refractivity contribution in [3.05, 3.63) is 59.7 Å². The third-order valence-corrected chi connectivity index (χ3v) is 5.84. The van der Waals surface area contributed by atoms with Crippen LogP contribution in [0.1, 0.15) is 50.7 Å². The summed E-state index contributed by atoms with van der Waals surface area (Å²) in [7, 11) is 0. The number of carbonyl (C=O) groups is 3. The molecule has 0 unspecified atom stereocenters. The molecule has 0 saturated heterocycles. The summed E-state index contributed by atoms with van der Waals surface area (Å²) < 4.78 is 5.54. The quantitative estimate of drug-likeness (QED) is 0.550. The molecular formula is C25H30N2O5. The highest BCUT2D eigenvalue weighted by atomic mass is 16.5. The molecule has 0 radical (unpaired) electrons. The molecule has 0 spiro atoms. The molecule has 2 aromatic rings. The highest BCUT2D eigenvalue weighted by Gasteiger charge is 2.29. The number of carboxylic acids is 1. The molecule has 1 aliphatic carbocycles. The van der Waals surface area contributed by atoms with Gasteiger partial charge in [0.1, 0.15) is 12.6 Å². The van der Waals surface area contributed by atoms with Gasteiger partial charge in [-0.25, -0.2) is 9.59 Å². The van der Waals surface area contributed by atoms with Crippen molar-refractivity contribution in [2.24, 2.45) is 5.92 Å². The van der Waals surface area contributed by atoms with Gasteiger partial charge < -0.3 is 20.5 Å². The monoisotopic (exact) mass is 438 g/mol. The molecule has 0 bridgehead atoms. The van der Waals surface area contributed by atoms with E-state index in [0.29, 0.717) is 6.42 Å². The lowest BCUT2D eigenvalue weighted by atomic mass is 9.98. The van der Waals surface area contributed by atoms with Crippen molar-refractivity contribution in [2.45, 2.75) is 51.6 Å². The van der Waals surface area contributed by atoms with Gasteiger partial charge in [0, 0.05) is 18.4 Å². The highest BCUT2D eigenvalue weighted by molar-refractivity contribution is 5.84. The Kier molecular flexibility index (Phi) is 7.51. The van der Waals surface area contributed by atoms with Gasteiger partial charge in [0.05, 0.1) is 0 Å². The van der Waals surface area contributed by atoms with Crippen LogP contribution in [0.5, 0.6) is 0 Å². The topological polar surface area (TPSA) is 105 Å². The molecule has 0 saturated carbocycles. The van der Waals surface area contributed by atoms with Crippen LogP contribution in [-0.2, 0) is 14.3 Å². The molecule has 7 heteroatoms. The SMILES string of the molecule is CC[C@H](CC(=O)N[C@@H](C(=O)O)C(C)C)NC(=O)OCC1c2ccccc2-c2ccccc21. The van der Waals surface area contributed by atoms with Crippen LogP contribution in [0.2, 0.25) is 0 Å². The molecule has 1 aliphatic rings. The molecule has 7 nitrogen and oxygen atoms in total. The van der Waals surface area contributed by atoms with Gasteiger partial charge in [-0.3, -0.25) is 4.79 Å². The molecule has 0 fully saturated rings. The normalized spacial score (nSPS) is 14.2. The fourth-order valence-corrected chi connectivity index (χ4v) is 4.07. The van der Waals surface area contributed by atoms with Crippen molar-refractivity contribution in [3.8, 4) is 11.1 Å². The van der Waals surface area contributed by atoms with Crippen molar-refractivity contribution in [2.75, 3.05) is 6.61 Å². The van der Waals surface area contributed by atoms with E-state index in [1.165, 1.54) is 0 Å². The number of amides is 2. The molecule has 2 atom stereocenters. The molecule has 3 rings (SSSR count). The lowest BCUT2D eigenvalue weighted by Gasteiger charge is -2.21. The molecule has 0 heterocycles. The number of hydrogen-bond acceptors (Lipinski definition) is 4. The van der Waals surface area contributed by atoms with Crippen molar-refractivity contribution in [1.82, 2.24) is 10.6 Å². The van der Waals surface area contributed by atoms with E-state index in [-0.39, 0.29) is 24.9 Å². The predicted molar refractivity (Wildman–Crippen MR) is 121 cm³/mol. The van der Waals surface area contributed by atoms with Crippen molar-refractivity contribution in [3.63, 3.8) is 0 Å². The average Bonchev–Trinajstić information content (AvgIpc) is 3.09. The van der Waals surface area contributed by atoms with Crippen molar-refractivity contribution < 1.29 is 24.2 Å². The lowest BCUT2D eigenvalue weighted by Crippen LogP contribution is -2.47. The maximum Gasteiger partial charge on any atom is 0.407 e. The van der Waals surface area contributed by atoms with E-state index in [1.54, 1.807) is 13.8 Å². The maximum absolute atomic E-state index is 12.5. The summed E-state index contributed by atoms with van der Waals surface area (Å²) in [5, 5.41) is 14.5. The van der Waals surface area contributed by atoms with Crippen LogP contribution in [0, 0.1) is 5.92 Å². The molecule has 2 aromatic carbocycles. The Morgan fingerprint density at radius 1 is 0.969 bits per heavy atom. The van der Waals surface area contributed by atoms with Crippen LogP contribution < -0.4 is 10.6 Å². The van der Waals surface area contributed by atoms with Crippen LogP contribution in [0.15, 0.2) is 48.5 Å².